The summed E-state index contributed by atoms with van der Waals surface area (Å²) >= 11 is 0. The van der Waals surface area contributed by atoms with Gasteiger partial charge in [-0.25, -0.2) is 0 Å². The maximum atomic E-state index is 9.66. The van der Waals surface area contributed by atoms with Crippen LogP contribution in [0.3, 0.4) is 0 Å². The molecule has 4 N–H and O–H groups in total. The van der Waals surface area contributed by atoms with Gasteiger partial charge in [-0.15, -0.1) is 25.4 Å². The van der Waals surface area contributed by atoms with Gasteiger partial charge in [0.2, 0.25) is 0 Å². The van der Waals surface area contributed by atoms with E-state index in [4.69, 9.17) is 10.2 Å². The summed E-state index contributed by atoms with van der Waals surface area (Å²) in [5.74, 6) is 0. The Kier molecular flexibility index (Phi) is 57.5. The van der Waals surface area contributed by atoms with Gasteiger partial charge in [0.05, 0.1) is 13.2 Å². The van der Waals surface area contributed by atoms with Crippen LogP contribution in [0.25, 0.3) is 0 Å². The summed E-state index contributed by atoms with van der Waals surface area (Å²) in [7, 11) is 0. The van der Waals surface area contributed by atoms with Gasteiger partial charge in [0, 0.05) is 13.1 Å². The summed E-state index contributed by atoms with van der Waals surface area (Å²) in [5, 5.41) is 60.1. The molecule has 0 aromatic heterocycles. The molecule has 0 heterocycles. The molecule has 140 valence electrons. The summed E-state index contributed by atoms with van der Waals surface area (Å²) in [5.41, 5.74) is 0. The van der Waals surface area contributed by atoms with Crippen LogP contribution in [0.15, 0.2) is 0 Å². The fourth-order valence-electron chi connectivity index (χ4n) is 0.552. The van der Waals surface area contributed by atoms with Crippen LogP contribution >= 0.6 is 0 Å². The van der Waals surface area contributed by atoms with Crippen molar-refractivity contribution < 1.29 is 52.4 Å². The van der Waals surface area contributed by atoms with Gasteiger partial charge >= 0.3 is 21.7 Å². The van der Waals surface area contributed by atoms with Crippen LogP contribution in [0.2, 0.25) is 0 Å². The zero-order chi connectivity index (χ0) is 18.2. The first kappa shape index (κ1) is 34.7. The SMILES string of the molecule is CC(C)[O-].CC(C)[O-].[O-]CCNCCO.[O-]CCNCCO.[Ti+4]. The summed E-state index contributed by atoms with van der Waals surface area (Å²) < 4.78 is 0. The van der Waals surface area contributed by atoms with Crippen LogP contribution < -0.4 is 31.1 Å². The predicted octanol–water partition coefficient (Wildman–Crippen LogP) is -4.64. The Labute approximate surface area is 155 Å². The Morgan fingerprint density at radius 2 is 0.913 bits per heavy atom. The standard InChI is InChI=1S/2C4H10NO2.2C3H7O.Ti/c2*6-3-1-5-2-4-7;2*1-3(2)4;/h2*5-6H,1-4H2;2*3H,1-2H3;/q4*-1;+4. The maximum Gasteiger partial charge on any atom is 4.00 e. The monoisotopic (exact) mass is 374 g/mol. The summed E-state index contributed by atoms with van der Waals surface area (Å²) in [6.07, 6.45) is -0.833. The first-order valence-electron chi connectivity index (χ1n) is 7.40. The Balaban J connectivity index is -0.0000000639. The number of hydrogen-bond donors (Lipinski definition) is 4. The van der Waals surface area contributed by atoms with Crippen LogP contribution in [0, 0.1) is 0 Å². The third-order valence-electron chi connectivity index (χ3n) is 1.13. The van der Waals surface area contributed by atoms with Crippen molar-refractivity contribution in [2.75, 3.05) is 52.6 Å². The molecule has 0 spiro atoms. The Bertz CT molecular complexity index is 128. The van der Waals surface area contributed by atoms with E-state index in [0.29, 0.717) is 26.2 Å². The van der Waals surface area contributed by atoms with E-state index in [9.17, 15) is 20.4 Å². The molecule has 0 saturated heterocycles. The van der Waals surface area contributed by atoms with Gasteiger partial charge in [0.25, 0.3) is 0 Å². The van der Waals surface area contributed by atoms with Gasteiger partial charge in [-0.2, -0.15) is 0 Å². The molecule has 0 fully saturated rings. The van der Waals surface area contributed by atoms with Crippen molar-refractivity contribution in [2.45, 2.75) is 39.9 Å². The predicted molar refractivity (Wildman–Crippen MR) is 79.9 cm³/mol. The van der Waals surface area contributed by atoms with Crippen LogP contribution in [0.4, 0.5) is 0 Å². The zero-order valence-electron chi connectivity index (χ0n) is 14.8. The molecule has 0 amide bonds. The van der Waals surface area contributed by atoms with E-state index < -0.39 is 12.2 Å². The van der Waals surface area contributed by atoms with Gasteiger partial charge < -0.3 is 41.3 Å². The molecular weight excluding hydrogens is 340 g/mol. The van der Waals surface area contributed by atoms with Gasteiger partial charge in [-0.1, -0.05) is 27.7 Å². The molecule has 0 rings (SSSR count). The first-order chi connectivity index (χ1) is 10.3. The zero-order valence-corrected chi connectivity index (χ0v) is 16.4. The van der Waals surface area contributed by atoms with Crippen LogP contribution in [-0.4, -0.2) is 75.0 Å². The van der Waals surface area contributed by atoms with Gasteiger partial charge in [-0.05, 0) is 13.1 Å². The minimum atomic E-state index is -0.417. The second-order valence-corrected chi connectivity index (χ2v) is 4.45. The van der Waals surface area contributed by atoms with E-state index in [1.807, 2.05) is 0 Å². The number of rotatable bonds is 8. The van der Waals surface area contributed by atoms with Crippen molar-refractivity contribution in [1.82, 2.24) is 10.6 Å². The second kappa shape index (κ2) is 38.1. The minimum absolute atomic E-state index is 0. The molecule has 0 aliphatic heterocycles. The van der Waals surface area contributed by atoms with Gasteiger partial charge in [-0.3, -0.25) is 0 Å². The Morgan fingerprint density at radius 3 is 1.04 bits per heavy atom. The molecule has 9 heteroatoms. The summed E-state index contributed by atoms with van der Waals surface area (Å²) in [6.45, 7) is 8.42. The molecule has 0 aromatic carbocycles. The van der Waals surface area contributed by atoms with E-state index in [1.165, 1.54) is 0 Å². The molecule has 0 bridgehead atoms. The summed E-state index contributed by atoms with van der Waals surface area (Å²) in [6, 6.07) is 0. The molecule has 0 aliphatic carbocycles. The fourth-order valence-corrected chi connectivity index (χ4v) is 0.552. The van der Waals surface area contributed by atoms with Crippen LogP contribution in [0.5, 0.6) is 0 Å². The normalized spacial score (nSPS) is 8.87. The molecule has 0 radical (unpaired) electrons. The van der Waals surface area contributed by atoms with Crippen molar-refractivity contribution in [3.05, 3.63) is 0 Å². The van der Waals surface area contributed by atoms with Crippen molar-refractivity contribution >= 4 is 0 Å². The molecule has 0 atom stereocenters. The molecule has 8 nitrogen and oxygen atoms in total. The third kappa shape index (κ3) is 132. The average molecular weight is 374 g/mol. The van der Waals surface area contributed by atoms with Gasteiger partial charge in [0.1, 0.15) is 0 Å². The molecule has 0 aromatic rings. The molecule has 23 heavy (non-hydrogen) atoms. The maximum absolute atomic E-state index is 9.66. The molecule has 0 aliphatic rings. The van der Waals surface area contributed by atoms with E-state index in [0.717, 1.165) is 0 Å². The second-order valence-electron chi connectivity index (χ2n) is 4.45. The van der Waals surface area contributed by atoms with Crippen molar-refractivity contribution in [2.24, 2.45) is 0 Å². The van der Waals surface area contributed by atoms with E-state index in [2.05, 4.69) is 10.6 Å². The van der Waals surface area contributed by atoms with Crippen molar-refractivity contribution in [3.63, 3.8) is 0 Å². The number of aliphatic hydroxyl groups excluding tert-OH is 2. The first-order valence-corrected chi connectivity index (χ1v) is 7.40. The van der Waals surface area contributed by atoms with E-state index in [-0.39, 0.29) is 48.1 Å². The van der Waals surface area contributed by atoms with E-state index >= 15 is 0 Å². The van der Waals surface area contributed by atoms with Crippen molar-refractivity contribution in [3.8, 4) is 0 Å². The average Bonchev–Trinajstić information content (AvgIpc) is 2.39. The minimum Gasteiger partial charge on any atom is -0.854 e. The number of hydrogen-bond acceptors (Lipinski definition) is 8. The largest absolute Gasteiger partial charge is 4.00 e. The smallest absolute Gasteiger partial charge is 0.854 e. The quantitative estimate of drug-likeness (QED) is 0.244. The topological polar surface area (TPSA) is 157 Å². The number of aliphatic hydroxyl groups is 2. The number of nitrogens with one attached hydrogen (secondary N) is 2. The van der Waals surface area contributed by atoms with E-state index in [1.54, 1.807) is 27.7 Å². The Morgan fingerprint density at radius 1 is 0.696 bits per heavy atom. The van der Waals surface area contributed by atoms with Crippen molar-refractivity contribution in [1.29, 1.82) is 0 Å². The molecule has 0 saturated carbocycles. The summed E-state index contributed by atoms with van der Waals surface area (Å²) in [4.78, 5) is 0. The Hall–Kier alpha value is 0.394. The van der Waals surface area contributed by atoms with Crippen LogP contribution in [-0.2, 0) is 21.7 Å². The molecule has 0 unspecified atom stereocenters. The van der Waals surface area contributed by atoms with Crippen LogP contribution in [0.1, 0.15) is 27.7 Å². The third-order valence-corrected chi connectivity index (χ3v) is 1.13. The van der Waals surface area contributed by atoms with Gasteiger partial charge in [0.15, 0.2) is 0 Å². The fraction of sp³-hybridized carbons (Fsp3) is 1.00. The molecular formula is C14H34N2O6Ti.